The van der Waals surface area contributed by atoms with Gasteiger partial charge in [-0.3, -0.25) is 19.3 Å². The number of ether oxygens (including phenoxy) is 2. The quantitative estimate of drug-likeness (QED) is 0.828. The molecule has 3 amide bonds. The van der Waals surface area contributed by atoms with Crippen LogP contribution in [0, 0.1) is 0 Å². The molecule has 2 heterocycles. The Kier molecular flexibility index (Phi) is 4.73. The number of rotatable bonds is 3. The number of amides is 3. The SMILES string of the molecule is CC1Oc2ccccc2OC1C(=O)Nc1ccc(N2C(=O)CCCC2=O)cc1. The molecular weight excluding hydrogens is 360 g/mol. The molecule has 0 bridgehead atoms. The Morgan fingerprint density at radius 1 is 0.964 bits per heavy atom. The smallest absolute Gasteiger partial charge is 0.269 e. The molecular formula is C21H20N2O5. The van der Waals surface area contributed by atoms with Crippen LogP contribution in [0.5, 0.6) is 11.5 Å². The molecule has 2 aromatic carbocycles. The third-order valence-corrected chi connectivity index (χ3v) is 4.77. The Bertz CT molecular complexity index is 909. The Morgan fingerprint density at radius 2 is 1.57 bits per heavy atom. The number of imide groups is 1. The molecule has 2 atom stereocenters. The molecule has 144 valence electrons. The molecule has 2 aliphatic heterocycles. The number of anilines is 2. The zero-order valence-corrected chi connectivity index (χ0v) is 15.4. The van der Waals surface area contributed by atoms with Crippen molar-refractivity contribution in [2.24, 2.45) is 0 Å². The number of nitrogens with one attached hydrogen (secondary N) is 1. The Balaban J connectivity index is 1.45. The van der Waals surface area contributed by atoms with Crippen LogP contribution in [0.25, 0.3) is 0 Å². The summed E-state index contributed by atoms with van der Waals surface area (Å²) in [7, 11) is 0. The molecule has 0 radical (unpaired) electrons. The van der Waals surface area contributed by atoms with Crippen molar-refractivity contribution in [2.45, 2.75) is 38.4 Å². The lowest BCUT2D eigenvalue weighted by molar-refractivity contribution is -0.129. The van der Waals surface area contributed by atoms with Gasteiger partial charge in [0.2, 0.25) is 17.9 Å². The first-order chi connectivity index (χ1) is 13.5. The van der Waals surface area contributed by atoms with Crippen LogP contribution in [0.1, 0.15) is 26.2 Å². The van der Waals surface area contributed by atoms with Crippen molar-refractivity contribution in [1.29, 1.82) is 0 Å². The highest BCUT2D eigenvalue weighted by atomic mass is 16.6. The zero-order chi connectivity index (χ0) is 19.7. The van der Waals surface area contributed by atoms with Gasteiger partial charge in [-0.25, -0.2) is 0 Å². The zero-order valence-electron chi connectivity index (χ0n) is 15.4. The van der Waals surface area contributed by atoms with E-state index in [1.165, 1.54) is 4.90 Å². The number of benzene rings is 2. The summed E-state index contributed by atoms with van der Waals surface area (Å²) in [6, 6.07) is 13.8. The fraction of sp³-hybridized carbons (Fsp3) is 0.286. The van der Waals surface area contributed by atoms with Crippen molar-refractivity contribution in [3.63, 3.8) is 0 Å². The van der Waals surface area contributed by atoms with Gasteiger partial charge >= 0.3 is 0 Å². The number of piperidine rings is 1. The van der Waals surface area contributed by atoms with E-state index in [9.17, 15) is 14.4 Å². The molecule has 4 rings (SSSR count). The minimum Gasteiger partial charge on any atom is -0.482 e. The van der Waals surface area contributed by atoms with Crippen LogP contribution in [0.3, 0.4) is 0 Å². The third-order valence-electron chi connectivity index (χ3n) is 4.77. The van der Waals surface area contributed by atoms with E-state index in [1.807, 2.05) is 12.1 Å². The Labute approximate surface area is 162 Å². The monoisotopic (exact) mass is 380 g/mol. The lowest BCUT2D eigenvalue weighted by Gasteiger charge is -2.31. The van der Waals surface area contributed by atoms with E-state index in [0.29, 0.717) is 42.1 Å². The van der Waals surface area contributed by atoms with Gasteiger partial charge in [0.05, 0.1) is 5.69 Å². The van der Waals surface area contributed by atoms with Crippen molar-refractivity contribution >= 4 is 29.1 Å². The van der Waals surface area contributed by atoms with Gasteiger partial charge in [0.1, 0.15) is 6.10 Å². The van der Waals surface area contributed by atoms with Gasteiger partial charge in [-0.05, 0) is 49.7 Å². The standard InChI is InChI=1S/C21H20N2O5/c1-13-20(28-17-6-3-2-5-16(17)27-13)21(26)22-14-9-11-15(12-10-14)23-18(24)7-4-8-19(23)25/h2-3,5-6,9-13,20H,4,7-8H2,1H3,(H,22,26). The number of hydrogen-bond acceptors (Lipinski definition) is 5. The van der Waals surface area contributed by atoms with E-state index >= 15 is 0 Å². The van der Waals surface area contributed by atoms with E-state index in [-0.39, 0.29) is 17.7 Å². The average molecular weight is 380 g/mol. The summed E-state index contributed by atoms with van der Waals surface area (Å²) in [6.07, 6.45) is 0.0794. The summed E-state index contributed by atoms with van der Waals surface area (Å²) in [4.78, 5) is 37.9. The number of fused-ring (bicyclic) bond motifs is 1. The van der Waals surface area contributed by atoms with Gasteiger partial charge in [-0.1, -0.05) is 12.1 Å². The molecule has 0 saturated carbocycles. The van der Waals surface area contributed by atoms with Crippen molar-refractivity contribution in [3.05, 3.63) is 48.5 Å². The lowest BCUT2D eigenvalue weighted by atomic mass is 10.1. The predicted octanol–water partition coefficient (Wildman–Crippen LogP) is 2.90. The largest absolute Gasteiger partial charge is 0.482 e. The van der Waals surface area contributed by atoms with Crippen molar-refractivity contribution in [1.82, 2.24) is 0 Å². The van der Waals surface area contributed by atoms with Gasteiger partial charge in [0, 0.05) is 18.5 Å². The summed E-state index contributed by atoms with van der Waals surface area (Å²) < 4.78 is 11.5. The highest BCUT2D eigenvalue weighted by Crippen LogP contribution is 2.33. The summed E-state index contributed by atoms with van der Waals surface area (Å²) in [5.41, 5.74) is 1.05. The van der Waals surface area contributed by atoms with Crippen LogP contribution in [0.4, 0.5) is 11.4 Å². The van der Waals surface area contributed by atoms with Crippen LogP contribution < -0.4 is 19.7 Å². The van der Waals surface area contributed by atoms with Crippen LogP contribution in [-0.2, 0) is 14.4 Å². The number of nitrogens with zero attached hydrogens (tertiary/aromatic N) is 1. The van der Waals surface area contributed by atoms with Crippen LogP contribution >= 0.6 is 0 Å². The van der Waals surface area contributed by atoms with Crippen LogP contribution in [0.15, 0.2) is 48.5 Å². The summed E-state index contributed by atoms with van der Waals surface area (Å²) in [5.74, 6) is 0.402. The highest BCUT2D eigenvalue weighted by Gasteiger charge is 2.34. The maximum absolute atomic E-state index is 12.6. The van der Waals surface area contributed by atoms with Gasteiger partial charge < -0.3 is 14.8 Å². The van der Waals surface area contributed by atoms with E-state index < -0.39 is 12.2 Å². The number of carbonyl (C=O) groups excluding carboxylic acids is 3. The maximum atomic E-state index is 12.6. The molecule has 2 unspecified atom stereocenters. The second kappa shape index (κ2) is 7.34. The second-order valence-corrected chi connectivity index (χ2v) is 6.82. The topological polar surface area (TPSA) is 84.9 Å². The van der Waals surface area contributed by atoms with Gasteiger partial charge in [0.25, 0.3) is 5.91 Å². The van der Waals surface area contributed by atoms with Crippen molar-refractivity contribution < 1.29 is 23.9 Å². The van der Waals surface area contributed by atoms with E-state index in [0.717, 1.165) is 0 Å². The molecule has 2 aliphatic rings. The number of para-hydroxylation sites is 2. The third kappa shape index (κ3) is 3.43. The Hall–Kier alpha value is -3.35. The summed E-state index contributed by atoms with van der Waals surface area (Å²) in [6.45, 7) is 1.77. The molecule has 7 heteroatoms. The predicted molar refractivity (Wildman–Crippen MR) is 102 cm³/mol. The first kappa shape index (κ1) is 18.0. The normalized spacial score (nSPS) is 21.4. The minimum atomic E-state index is -0.792. The van der Waals surface area contributed by atoms with Gasteiger partial charge in [-0.2, -0.15) is 0 Å². The summed E-state index contributed by atoms with van der Waals surface area (Å²) >= 11 is 0. The molecule has 2 aromatic rings. The van der Waals surface area contributed by atoms with Crippen LogP contribution in [0.2, 0.25) is 0 Å². The van der Waals surface area contributed by atoms with Crippen molar-refractivity contribution in [3.8, 4) is 11.5 Å². The van der Waals surface area contributed by atoms with Crippen LogP contribution in [-0.4, -0.2) is 29.9 Å². The van der Waals surface area contributed by atoms with Crippen molar-refractivity contribution in [2.75, 3.05) is 10.2 Å². The Morgan fingerprint density at radius 3 is 2.21 bits per heavy atom. The molecule has 0 aromatic heterocycles. The molecule has 1 saturated heterocycles. The van der Waals surface area contributed by atoms with E-state index in [2.05, 4.69) is 5.32 Å². The maximum Gasteiger partial charge on any atom is 0.269 e. The fourth-order valence-electron chi connectivity index (χ4n) is 3.35. The highest BCUT2D eigenvalue weighted by molar-refractivity contribution is 6.16. The molecule has 7 nitrogen and oxygen atoms in total. The summed E-state index contributed by atoms with van der Waals surface area (Å²) in [5, 5.41) is 2.79. The van der Waals surface area contributed by atoms with E-state index in [4.69, 9.17) is 9.47 Å². The molecule has 0 spiro atoms. The molecule has 1 N–H and O–H groups in total. The minimum absolute atomic E-state index is 0.201. The average Bonchev–Trinajstić information content (AvgIpc) is 2.68. The second-order valence-electron chi connectivity index (χ2n) is 6.82. The van der Waals surface area contributed by atoms with E-state index in [1.54, 1.807) is 43.3 Å². The van der Waals surface area contributed by atoms with Gasteiger partial charge in [-0.15, -0.1) is 0 Å². The number of carbonyl (C=O) groups is 3. The van der Waals surface area contributed by atoms with Gasteiger partial charge in [0.15, 0.2) is 11.5 Å². The molecule has 28 heavy (non-hydrogen) atoms. The fourth-order valence-corrected chi connectivity index (χ4v) is 3.35. The molecule has 1 fully saturated rings. The number of hydrogen-bond donors (Lipinski definition) is 1. The molecule has 0 aliphatic carbocycles. The first-order valence-electron chi connectivity index (χ1n) is 9.22. The lowest BCUT2D eigenvalue weighted by Crippen LogP contribution is -2.46. The first-order valence-corrected chi connectivity index (χ1v) is 9.22.